The van der Waals surface area contributed by atoms with Crippen molar-refractivity contribution in [3.05, 3.63) is 92.9 Å². The van der Waals surface area contributed by atoms with Crippen molar-refractivity contribution in [2.24, 2.45) is 0 Å². The van der Waals surface area contributed by atoms with E-state index in [4.69, 9.17) is 20.8 Å². The Morgan fingerprint density at radius 3 is 2.52 bits per heavy atom. The fourth-order valence-electron chi connectivity index (χ4n) is 2.61. The third-order valence-corrected chi connectivity index (χ3v) is 4.37. The van der Waals surface area contributed by atoms with Gasteiger partial charge in [-0.15, -0.1) is 0 Å². The van der Waals surface area contributed by atoms with Crippen LogP contribution in [0.15, 0.2) is 65.3 Å². The van der Waals surface area contributed by atoms with E-state index in [1.54, 1.807) is 37.3 Å². The Bertz CT molecular complexity index is 1060. The van der Waals surface area contributed by atoms with E-state index < -0.39 is 22.9 Å². The molecular weight excluding hydrogens is 400 g/mol. The molecule has 0 bridgehead atoms. The van der Waals surface area contributed by atoms with Crippen molar-refractivity contribution in [1.82, 2.24) is 0 Å². The summed E-state index contributed by atoms with van der Waals surface area (Å²) in [6, 6.07) is 13.7. The number of nitrogens with zero attached hydrogens (tertiary/aromatic N) is 1. The molecule has 8 nitrogen and oxygen atoms in total. The lowest BCUT2D eigenvalue weighted by atomic mass is 10.1. The maximum absolute atomic E-state index is 12.9. The first-order chi connectivity index (χ1) is 13.9. The summed E-state index contributed by atoms with van der Waals surface area (Å²) in [6.45, 7) is 1.60. The molecule has 1 N–H and O–H groups in total. The largest absolute Gasteiger partial charge is 0.469 e. The van der Waals surface area contributed by atoms with Gasteiger partial charge in [0.1, 0.15) is 16.3 Å². The zero-order chi connectivity index (χ0) is 21.0. The van der Waals surface area contributed by atoms with E-state index in [1.165, 1.54) is 24.5 Å². The fraction of sp³-hybridized carbons (Fsp3) is 0.100. The molecule has 2 aromatic carbocycles. The highest BCUT2D eigenvalue weighted by molar-refractivity contribution is 6.32. The molecule has 0 saturated heterocycles. The lowest BCUT2D eigenvalue weighted by molar-refractivity contribution is -0.384. The Morgan fingerprint density at radius 2 is 1.90 bits per heavy atom. The SMILES string of the molecule is Cc1occc1C(=O)O[C@@H](C(=O)Nc1ccc(Cl)c([N+](=O)[O-])c1)c1ccccc1. The summed E-state index contributed by atoms with van der Waals surface area (Å²) in [5.74, 6) is -1.06. The molecule has 148 valence electrons. The van der Waals surface area contributed by atoms with Crippen molar-refractivity contribution in [2.45, 2.75) is 13.0 Å². The average Bonchev–Trinajstić information content (AvgIpc) is 3.13. The third-order valence-electron chi connectivity index (χ3n) is 4.05. The molecule has 9 heteroatoms. The van der Waals surface area contributed by atoms with Crippen LogP contribution in [-0.4, -0.2) is 16.8 Å². The van der Waals surface area contributed by atoms with Crippen LogP contribution in [0.25, 0.3) is 0 Å². The maximum atomic E-state index is 12.9. The smallest absolute Gasteiger partial charge is 0.342 e. The minimum absolute atomic E-state index is 0.0607. The highest BCUT2D eigenvalue weighted by atomic mass is 35.5. The summed E-state index contributed by atoms with van der Waals surface area (Å²) in [5, 5.41) is 13.5. The van der Waals surface area contributed by atoms with E-state index in [1.807, 2.05) is 0 Å². The van der Waals surface area contributed by atoms with Gasteiger partial charge in [0.25, 0.3) is 11.6 Å². The second-order valence-corrected chi connectivity index (χ2v) is 6.41. The minimum Gasteiger partial charge on any atom is -0.469 e. The molecule has 0 aliphatic carbocycles. The second-order valence-electron chi connectivity index (χ2n) is 6.00. The number of hydrogen-bond donors (Lipinski definition) is 1. The van der Waals surface area contributed by atoms with Crippen LogP contribution in [0.3, 0.4) is 0 Å². The molecule has 3 aromatic rings. The predicted octanol–water partition coefficient (Wildman–Crippen LogP) is 4.69. The third kappa shape index (κ3) is 4.61. The Kier molecular flexibility index (Phi) is 5.94. The number of hydrogen-bond acceptors (Lipinski definition) is 6. The summed E-state index contributed by atoms with van der Waals surface area (Å²) in [4.78, 5) is 35.7. The number of aryl methyl sites for hydroxylation is 1. The van der Waals surface area contributed by atoms with E-state index in [-0.39, 0.29) is 22.0 Å². The van der Waals surface area contributed by atoms with Crippen molar-refractivity contribution in [3.63, 3.8) is 0 Å². The molecule has 0 fully saturated rings. The number of nitro benzene ring substituents is 1. The Labute approximate surface area is 170 Å². The topological polar surface area (TPSA) is 112 Å². The number of benzene rings is 2. The van der Waals surface area contributed by atoms with Crippen molar-refractivity contribution in [3.8, 4) is 0 Å². The zero-order valence-electron chi connectivity index (χ0n) is 15.1. The molecule has 0 unspecified atom stereocenters. The molecule has 0 radical (unpaired) electrons. The van der Waals surface area contributed by atoms with Crippen LogP contribution in [0.5, 0.6) is 0 Å². The molecule has 1 aromatic heterocycles. The van der Waals surface area contributed by atoms with Gasteiger partial charge in [-0.3, -0.25) is 14.9 Å². The van der Waals surface area contributed by atoms with Gasteiger partial charge >= 0.3 is 5.97 Å². The molecule has 1 atom stereocenters. The number of anilines is 1. The lowest BCUT2D eigenvalue weighted by Gasteiger charge is -2.18. The van der Waals surface area contributed by atoms with Crippen LogP contribution >= 0.6 is 11.6 Å². The number of nitrogens with one attached hydrogen (secondary N) is 1. The molecule has 0 aliphatic rings. The summed E-state index contributed by atoms with van der Waals surface area (Å²) in [7, 11) is 0. The van der Waals surface area contributed by atoms with Crippen LogP contribution < -0.4 is 5.32 Å². The number of esters is 1. The minimum atomic E-state index is -1.28. The summed E-state index contributed by atoms with van der Waals surface area (Å²) in [5.41, 5.74) is 0.415. The maximum Gasteiger partial charge on any atom is 0.342 e. The van der Waals surface area contributed by atoms with E-state index in [9.17, 15) is 19.7 Å². The number of amides is 1. The van der Waals surface area contributed by atoms with E-state index in [0.29, 0.717) is 11.3 Å². The highest BCUT2D eigenvalue weighted by Gasteiger charge is 2.27. The van der Waals surface area contributed by atoms with Crippen LogP contribution in [0.2, 0.25) is 5.02 Å². The van der Waals surface area contributed by atoms with Gasteiger partial charge in [-0.25, -0.2) is 4.79 Å². The number of ether oxygens (including phenoxy) is 1. The second kappa shape index (κ2) is 8.57. The predicted molar refractivity (Wildman–Crippen MR) is 105 cm³/mol. The Balaban J connectivity index is 1.87. The van der Waals surface area contributed by atoms with Crippen molar-refractivity contribution < 1.29 is 23.7 Å². The molecule has 0 aliphatic heterocycles. The first-order valence-corrected chi connectivity index (χ1v) is 8.79. The number of nitro groups is 1. The van der Waals surface area contributed by atoms with Crippen LogP contribution in [0, 0.1) is 17.0 Å². The summed E-state index contributed by atoms with van der Waals surface area (Å²) in [6.07, 6.45) is 0.0591. The quantitative estimate of drug-likeness (QED) is 0.356. The summed E-state index contributed by atoms with van der Waals surface area (Å²) < 4.78 is 10.5. The molecule has 3 rings (SSSR count). The zero-order valence-corrected chi connectivity index (χ0v) is 15.9. The van der Waals surface area contributed by atoms with Crippen molar-refractivity contribution in [1.29, 1.82) is 0 Å². The van der Waals surface area contributed by atoms with Gasteiger partial charge in [0.2, 0.25) is 6.10 Å². The molecule has 1 heterocycles. The van der Waals surface area contributed by atoms with E-state index in [0.717, 1.165) is 6.07 Å². The highest BCUT2D eigenvalue weighted by Crippen LogP contribution is 2.29. The van der Waals surface area contributed by atoms with Gasteiger partial charge in [-0.05, 0) is 25.1 Å². The van der Waals surface area contributed by atoms with Gasteiger partial charge in [-0.2, -0.15) is 0 Å². The lowest BCUT2D eigenvalue weighted by Crippen LogP contribution is -2.26. The number of carbonyl (C=O) groups excluding carboxylic acids is 2. The van der Waals surface area contributed by atoms with Crippen molar-refractivity contribution in [2.75, 3.05) is 5.32 Å². The molecule has 1 amide bonds. The number of halogens is 1. The Morgan fingerprint density at radius 1 is 1.17 bits per heavy atom. The monoisotopic (exact) mass is 414 g/mol. The van der Waals surface area contributed by atoms with Crippen LogP contribution in [0.4, 0.5) is 11.4 Å². The van der Waals surface area contributed by atoms with E-state index >= 15 is 0 Å². The van der Waals surface area contributed by atoms with Gasteiger partial charge in [0, 0.05) is 17.3 Å². The number of furan rings is 1. The normalized spacial score (nSPS) is 11.5. The van der Waals surface area contributed by atoms with E-state index in [2.05, 4.69) is 5.32 Å². The number of rotatable bonds is 6. The molecule has 0 saturated carbocycles. The standard InChI is InChI=1S/C20H15ClN2O6/c1-12-15(9-10-28-12)20(25)29-18(13-5-3-2-4-6-13)19(24)22-14-7-8-16(21)17(11-14)23(26)27/h2-11,18H,1H3,(H,22,24)/t18-/m1/s1. The first-order valence-electron chi connectivity index (χ1n) is 8.41. The first kappa shape index (κ1) is 20.1. The molecule has 0 spiro atoms. The van der Waals surface area contributed by atoms with Gasteiger partial charge in [-0.1, -0.05) is 41.9 Å². The molecule has 29 heavy (non-hydrogen) atoms. The average molecular weight is 415 g/mol. The summed E-state index contributed by atoms with van der Waals surface area (Å²) >= 11 is 5.79. The number of carbonyl (C=O) groups is 2. The molecular formula is C20H15ClN2O6. The van der Waals surface area contributed by atoms with Gasteiger partial charge in [0.05, 0.1) is 11.2 Å². The fourth-order valence-corrected chi connectivity index (χ4v) is 2.79. The Hall–Kier alpha value is -3.65. The van der Waals surface area contributed by atoms with Crippen LogP contribution in [0.1, 0.15) is 27.8 Å². The van der Waals surface area contributed by atoms with Crippen molar-refractivity contribution >= 4 is 34.9 Å². The van der Waals surface area contributed by atoms with Crippen LogP contribution in [-0.2, 0) is 9.53 Å². The van der Waals surface area contributed by atoms with Gasteiger partial charge in [0.15, 0.2) is 0 Å². The van der Waals surface area contributed by atoms with Gasteiger partial charge < -0.3 is 14.5 Å².